The van der Waals surface area contributed by atoms with Gasteiger partial charge < -0.3 is 14.5 Å². The maximum Gasteiger partial charge on any atom is 0.410 e. The van der Waals surface area contributed by atoms with Gasteiger partial charge in [-0.15, -0.1) is 11.3 Å². The van der Waals surface area contributed by atoms with Gasteiger partial charge in [0, 0.05) is 26.2 Å². The molecule has 1 aliphatic rings. The number of amides is 1. The summed E-state index contributed by atoms with van der Waals surface area (Å²) in [7, 11) is 0. The Balaban J connectivity index is 1.93. The summed E-state index contributed by atoms with van der Waals surface area (Å²) in [6, 6.07) is 4.17. The molecule has 6 heteroatoms. The Bertz CT molecular complexity index is 519. The standard InChI is InChI=1S/C14H19N3O2S/c1-14(2,3)19-13(18)17-7-5-16(6-8-17)11-4-9-20-12(11)10-15/h4,9H,5-8H2,1-3H3. The average molecular weight is 293 g/mol. The molecule has 1 aliphatic heterocycles. The molecule has 0 aliphatic carbocycles. The van der Waals surface area contributed by atoms with Gasteiger partial charge in [-0.25, -0.2) is 4.79 Å². The normalized spacial score (nSPS) is 15.9. The van der Waals surface area contributed by atoms with Crippen LogP contribution in [0.3, 0.4) is 0 Å². The number of hydrogen-bond donors (Lipinski definition) is 0. The molecule has 108 valence electrons. The van der Waals surface area contributed by atoms with E-state index in [0.29, 0.717) is 13.1 Å². The number of nitriles is 1. The van der Waals surface area contributed by atoms with Crippen LogP contribution in [0.25, 0.3) is 0 Å². The topological polar surface area (TPSA) is 56.6 Å². The predicted molar refractivity (Wildman–Crippen MR) is 79.1 cm³/mol. The molecular formula is C14H19N3O2S. The van der Waals surface area contributed by atoms with Crippen molar-refractivity contribution in [3.63, 3.8) is 0 Å². The third-order valence-electron chi connectivity index (χ3n) is 3.02. The highest BCUT2D eigenvalue weighted by molar-refractivity contribution is 7.11. The molecule has 0 bridgehead atoms. The summed E-state index contributed by atoms with van der Waals surface area (Å²) in [5, 5.41) is 11.0. The SMILES string of the molecule is CC(C)(C)OC(=O)N1CCN(c2ccsc2C#N)CC1. The van der Waals surface area contributed by atoms with Gasteiger partial charge in [0.25, 0.3) is 0 Å². The van der Waals surface area contributed by atoms with Crippen molar-refractivity contribution in [3.8, 4) is 6.07 Å². The first-order valence-corrected chi connectivity index (χ1v) is 7.49. The van der Waals surface area contributed by atoms with E-state index in [-0.39, 0.29) is 6.09 Å². The summed E-state index contributed by atoms with van der Waals surface area (Å²) in [5.74, 6) is 0. The Morgan fingerprint density at radius 1 is 1.35 bits per heavy atom. The number of carbonyl (C=O) groups excluding carboxylic acids is 1. The second-order valence-electron chi connectivity index (χ2n) is 5.70. The van der Waals surface area contributed by atoms with Gasteiger partial charge in [0.2, 0.25) is 0 Å². The van der Waals surface area contributed by atoms with E-state index >= 15 is 0 Å². The van der Waals surface area contributed by atoms with Crippen LogP contribution < -0.4 is 4.90 Å². The molecule has 2 heterocycles. The molecule has 0 radical (unpaired) electrons. The molecule has 1 amide bonds. The van der Waals surface area contributed by atoms with Gasteiger partial charge in [0.05, 0.1) is 5.69 Å². The second kappa shape index (κ2) is 5.71. The fraction of sp³-hybridized carbons (Fsp3) is 0.571. The Hall–Kier alpha value is -1.74. The number of hydrogen-bond acceptors (Lipinski definition) is 5. The molecule has 1 fully saturated rings. The number of piperazine rings is 1. The van der Waals surface area contributed by atoms with Gasteiger partial charge in [-0.2, -0.15) is 5.26 Å². The molecule has 0 saturated carbocycles. The molecule has 5 nitrogen and oxygen atoms in total. The third kappa shape index (κ3) is 3.42. The number of thiophene rings is 1. The van der Waals surface area contributed by atoms with Crippen molar-refractivity contribution >= 4 is 23.1 Å². The van der Waals surface area contributed by atoms with Crippen LogP contribution in [0, 0.1) is 11.3 Å². The minimum atomic E-state index is -0.463. The lowest BCUT2D eigenvalue weighted by atomic mass is 10.2. The molecular weight excluding hydrogens is 274 g/mol. The van der Waals surface area contributed by atoms with E-state index in [1.54, 1.807) is 4.90 Å². The molecule has 20 heavy (non-hydrogen) atoms. The number of anilines is 1. The van der Waals surface area contributed by atoms with E-state index in [2.05, 4.69) is 11.0 Å². The van der Waals surface area contributed by atoms with E-state index < -0.39 is 5.60 Å². The van der Waals surface area contributed by atoms with E-state index in [4.69, 9.17) is 10.00 Å². The zero-order chi connectivity index (χ0) is 14.8. The molecule has 1 aromatic rings. The molecule has 1 saturated heterocycles. The number of rotatable bonds is 1. The highest BCUT2D eigenvalue weighted by Crippen LogP contribution is 2.26. The Labute approximate surface area is 123 Å². The van der Waals surface area contributed by atoms with Gasteiger partial charge in [0.1, 0.15) is 16.5 Å². The van der Waals surface area contributed by atoms with Crippen LogP contribution in [-0.4, -0.2) is 42.8 Å². The zero-order valence-electron chi connectivity index (χ0n) is 12.0. The molecule has 0 atom stereocenters. The van der Waals surface area contributed by atoms with Crippen molar-refractivity contribution in [2.24, 2.45) is 0 Å². The zero-order valence-corrected chi connectivity index (χ0v) is 12.9. The largest absolute Gasteiger partial charge is 0.444 e. The summed E-state index contributed by atoms with van der Waals surface area (Å²) in [5.41, 5.74) is 0.511. The van der Waals surface area contributed by atoms with Crippen molar-refractivity contribution in [1.29, 1.82) is 5.26 Å². The first-order valence-electron chi connectivity index (χ1n) is 6.61. The van der Waals surface area contributed by atoms with Crippen LogP contribution in [0.2, 0.25) is 0 Å². The van der Waals surface area contributed by atoms with Crippen LogP contribution >= 0.6 is 11.3 Å². The quantitative estimate of drug-likeness (QED) is 0.799. The fourth-order valence-corrected chi connectivity index (χ4v) is 2.80. The van der Waals surface area contributed by atoms with Crippen LogP contribution in [-0.2, 0) is 4.74 Å². The summed E-state index contributed by atoms with van der Waals surface area (Å²) in [6.45, 7) is 8.30. The molecule has 0 unspecified atom stereocenters. The summed E-state index contributed by atoms with van der Waals surface area (Å²) in [6.07, 6.45) is -0.261. The van der Waals surface area contributed by atoms with Gasteiger partial charge in [-0.05, 0) is 32.2 Å². The molecule has 1 aromatic heterocycles. The highest BCUT2D eigenvalue weighted by Gasteiger charge is 2.26. The maximum atomic E-state index is 12.0. The summed E-state index contributed by atoms with van der Waals surface area (Å²) < 4.78 is 5.37. The predicted octanol–water partition coefficient (Wildman–Crippen LogP) is 2.68. The Morgan fingerprint density at radius 3 is 2.55 bits per heavy atom. The lowest BCUT2D eigenvalue weighted by Gasteiger charge is -2.36. The van der Waals surface area contributed by atoms with Crippen LogP contribution in [0.5, 0.6) is 0 Å². The van der Waals surface area contributed by atoms with Gasteiger partial charge >= 0.3 is 6.09 Å². The van der Waals surface area contributed by atoms with Crippen LogP contribution in [0.15, 0.2) is 11.4 Å². The van der Waals surface area contributed by atoms with E-state index in [1.165, 1.54) is 11.3 Å². The van der Waals surface area contributed by atoms with Crippen molar-refractivity contribution in [3.05, 3.63) is 16.3 Å². The molecule has 0 N–H and O–H groups in total. The first kappa shape index (κ1) is 14.7. The van der Waals surface area contributed by atoms with Crippen molar-refractivity contribution in [2.45, 2.75) is 26.4 Å². The fourth-order valence-electron chi connectivity index (χ4n) is 2.09. The highest BCUT2D eigenvalue weighted by atomic mass is 32.1. The van der Waals surface area contributed by atoms with Gasteiger partial charge in [0.15, 0.2) is 0 Å². The van der Waals surface area contributed by atoms with Crippen LogP contribution in [0.4, 0.5) is 10.5 Å². The minimum absolute atomic E-state index is 0.261. The Morgan fingerprint density at radius 2 is 2.00 bits per heavy atom. The lowest BCUT2D eigenvalue weighted by molar-refractivity contribution is 0.0240. The first-order chi connectivity index (χ1) is 9.40. The van der Waals surface area contributed by atoms with Crippen molar-refractivity contribution in [1.82, 2.24) is 4.90 Å². The second-order valence-corrected chi connectivity index (χ2v) is 6.62. The maximum absolute atomic E-state index is 12.0. The monoisotopic (exact) mass is 293 g/mol. The van der Waals surface area contributed by atoms with E-state index in [0.717, 1.165) is 23.7 Å². The smallest absolute Gasteiger partial charge is 0.410 e. The summed E-state index contributed by atoms with van der Waals surface area (Å²) >= 11 is 1.45. The van der Waals surface area contributed by atoms with Crippen molar-refractivity contribution < 1.29 is 9.53 Å². The Kier molecular flexibility index (Phi) is 4.19. The number of nitrogens with zero attached hydrogens (tertiary/aromatic N) is 3. The average Bonchev–Trinajstić information content (AvgIpc) is 2.85. The van der Waals surface area contributed by atoms with Gasteiger partial charge in [-0.1, -0.05) is 0 Å². The molecule has 0 aromatic carbocycles. The van der Waals surface area contributed by atoms with Crippen LogP contribution in [0.1, 0.15) is 25.6 Å². The summed E-state index contributed by atoms with van der Waals surface area (Å²) in [4.78, 5) is 16.6. The van der Waals surface area contributed by atoms with E-state index in [9.17, 15) is 4.79 Å². The molecule has 0 spiro atoms. The molecule has 2 rings (SSSR count). The third-order valence-corrected chi connectivity index (χ3v) is 3.83. The van der Waals surface area contributed by atoms with Gasteiger partial charge in [-0.3, -0.25) is 0 Å². The number of carbonyl (C=O) groups is 1. The number of ether oxygens (including phenoxy) is 1. The lowest BCUT2D eigenvalue weighted by Crippen LogP contribution is -2.50. The van der Waals surface area contributed by atoms with E-state index in [1.807, 2.05) is 32.2 Å². The van der Waals surface area contributed by atoms with Crippen molar-refractivity contribution in [2.75, 3.05) is 31.1 Å². The minimum Gasteiger partial charge on any atom is -0.444 e.